The summed E-state index contributed by atoms with van der Waals surface area (Å²) in [5, 5.41) is 16.6. The molecule has 2 amide bonds. The Morgan fingerprint density at radius 3 is 2.76 bits per heavy atom. The van der Waals surface area contributed by atoms with Gasteiger partial charge in [0.1, 0.15) is 0 Å². The van der Waals surface area contributed by atoms with Crippen LogP contribution in [0, 0.1) is 0 Å². The Kier molecular flexibility index (Phi) is 5.13. The summed E-state index contributed by atoms with van der Waals surface area (Å²) in [7, 11) is 0. The number of carboxylic acid groups (broad SMARTS) is 1. The van der Waals surface area contributed by atoms with Gasteiger partial charge in [0.05, 0.1) is 15.7 Å². The lowest BCUT2D eigenvalue weighted by atomic mass is 10.3. The van der Waals surface area contributed by atoms with Crippen molar-refractivity contribution in [1.82, 2.24) is 10.3 Å². The lowest BCUT2D eigenvalue weighted by molar-refractivity contribution is 0.0691. The molecule has 0 saturated heterocycles. The zero-order chi connectivity index (χ0) is 15.2. The van der Waals surface area contributed by atoms with Crippen LogP contribution in [-0.4, -0.2) is 28.6 Å². The highest BCUT2D eigenvalue weighted by Crippen LogP contribution is 2.20. The van der Waals surface area contributed by atoms with Gasteiger partial charge in [0.2, 0.25) is 0 Å². The van der Waals surface area contributed by atoms with Crippen LogP contribution >= 0.6 is 22.9 Å². The molecule has 8 heteroatoms. The number of carbonyl (C=O) groups is 2. The minimum atomic E-state index is -1.05. The first-order valence-electron chi connectivity index (χ1n) is 6.03. The number of carboxylic acids is 1. The second kappa shape index (κ2) is 7.05. The summed E-state index contributed by atoms with van der Waals surface area (Å²) in [6.07, 6.45) is 0.466. The van der Waals surface area contributed by atoms with E-state index in [1.807, 2.05) is 0 Å². The molecule has 0 aliphatic carbocycles. The van der Waals surface area contributed by atoms with E-state index in [0.717, 1.165) is 0 Å². The maximum Gasteiger partial charge on any atom is 0.355 e. The molecule has 0 radical (unpaired) electrons. The van der Waals surface area contributed by atoms with E-state index in [4.69, 9.17) is 16.7 Å². The van der Waals surface area contributed by atoms with E-state index in [9.17, 15) is 9.59 Å². The summed E-state index contributed by atoms with van der Waals surface area (Å²) >= 11 is 7.18. The molecule has 0 bridgehead atoms. The number of thiazole rings is 1. The Bertz CT molecular complexity index is 660. The highest BCUT2D eigenvalue weighted by molar-refractivity contribution is 7.09. The molecule has 0 unspecified atom stereocenters. The van der Waals surface area contributed by atoms with E-state index >= 15 is 0 Å². The number of aromatic carboxylic acids is 1. The van der Waals surface area contributed by atoms with Crippen molar-refractivity contribution >= 4 is 40.6 Å². The zero-order valence-electron chi connectivity index (χ0n) is 10.8. The molecule has 0 spiro atoms. The summed E-state index contributed by atoms with van der Waals surface area (Å²) in [6, 6.07) is 6.54. The zero-order valence-corrected chi connectivity index (χ0v) is 12.4. The SMILES string of the molecule is O=C(NCCc1nc(C(=O)O)cs1)Nc1ccccc1Cl. The van der Waals surface area contributed by atoms with Gasteiger partial charge in [-0.25, -0.2) is 14.6 Å². The first kappa shape index (κ1) is 15.3. The van der Waals surface area contributed by atoms with Gasteiger partial charge in [-0.15, -0.1) is 11.3 Å². The number of hydrogen-bond acceptors (Lipinski definition) is 4. The van der Waals surface area contributed by atoms with Gasteiger partial charge in [-0.1, -0.05) is 23.7 Å². The number of hydrogen-bond donors (Lipinski definition) is 3. The Balaban J connectivity index is 1.79. The fourth-order valence-electron chi connectivity index (χ4n) is 1.54. The maximum atomic E-state index is 11.7. The molecule has 1 aromatic heterocycles. The molecule has 6 nitrogen and oxygen atoms in total. The average Bonchev–Trinajstić information content (AvgIpc) is 2.90. The van der Waals surface area contributed by atoms with Crippen molar-refractivity contribution in [2.75, 3.05) is 11.9 Å². The molecule has 1 heterocycles. The van der Waals surface area contributed by atoms with Crippen molar-refractivity contribution in [1.29, 1.82) is 0 Å². The topological polar surface area (TPSA) is 91.3 Å². The quantitative estimate of drug-likeness (QED) is 0.788. The normalized spacial score (nSPS) is 10.1. The molecule has 0 saturated carbocycles. The number of para-hydroxylation sites is 1. The van der Waals surface area contributed by atoms with E-state index in [2.05, 4.69) is 15.6 Å². The number of nitrogens with one attached hydrogen (secondary N) is 2. The van der Waals surface area contributed by atoms with Crippen LogP contribution in [0.15, 0.2) is 29.6 Å². The van der Waals surface area contributed by atoms with Crippen LogP contribution in [0.3, 0.4) is 0 Å². The van der Waals surface area contributed by atoms with Gasteiger partial charge in [-0.2, -0.15) is 0 Å². The molecule has 2 aromatic rings. The molecule has 3 N–H and O–H groups in total. The summed E-state index contributed by atoms with van der Waals surface area (Å²) in [5.74, 6) is -1.05. The number of rotatable bonds is 5. The first-order valence-corrected chi connectivity index (χ1v) is 7.29. The molecule has 21 heavy (non-hydrogen) atoms. The number of halogens is 1. The maximum absolute atomic E-state index is 11.7. The van der Waals surface area contributed by atoms with E-state index in [-0.39, 0.29) is 11.7 Å². The molecule has 0 aliphatic rings. The predicted octanol–water partition coefficient (Wildman–Crippen LogP) is 2.86. The van der Waals surface area contributed by atoms with E-state index < -0.39 is 5.97 Å². The molecular weight excluding hydrogens is 314 g/mol. The molecule has 0 aliphatic heterocycles. The molecule has 110 valence electrons. The molecule has 0 fully saturated rings. The van der Waals surface area contributed by atoms with Crippen LogP contribution in [0.2, 0.25) is 5.02 Å². The fourth-order valence-corrected chi connectivity index (χ4v) is 2.49. The average molecular weight is 326 g/mol. The lowest BCUT2D eigenvalue weighted by Crippen LogP contribution is -2.30. The summed E-state index contributed by atoms with van der Waals surface area (Å²) in [4.78, 5) is 26.3. The smallest absolute Gasteiger partial charge is 0.355 e. The number of nitrogens with zero attached hydrogens (tertiary/aromatic N) is 1. The number of aromatic nitrogens is 1. The monoisotopic (exact) mass is 325 g/mol. The van der Waals surface area contributed by atoms with Crippen LogP contribution in [0.5, 0.6) is 0 Å². The summed E-state index contributed by atoms with van der Waals surface area (Å²) in [5.41, 5.74) is 0.551. The van der Waals surface area contributed by atoms with Gasteiger partial charge in [0, 0.05) is 18.3 Å². The van der Waals surface area contributed by atoms with Gasteiger partial charge in [0.15, 0.2) is 5.69 Å². The molecule has 1 aromatic carbocycles. The Morgan fingerprint density at radius 1 is 1.33 bits per heavy atom. The standard InChI is InChI=1S/C13H12ClN3O3S/c14-8-3-1-2-4-9(8)17-13(20)15-6-5-11-16-10(7-21-11)12(18)19/h1-4,7H,5-6H2,(H,18,19)(H2,15,17,20). The van der Waals surface area contributed by atoms with Crippen molar-refractivity contribution in [3.8, 4) is 0 Å². The molecule has 2 rings (SSSR count). The number of amides is 2. The third-order valence-electron chi connectivity index (χ3n) is 2.52. The molecular formula is C13H12ClN3O3S. The van der Waals surface area contributed by atoms with Gasteiger partial charge >= 0.3 is 12.0 Å². The second-order valence-electron chi connectivity index (χ2n) is 4.04. The highest BCUT2D eigenvalue weighted by atomic mass is 35.5. The van der Waals surface area contributed by atoms with Crippen molar-refractivity contribution < 1.29 is 14.7 Å². The molecule has 0 atom stereocenters. The van der Waals surface area contributed by atoms with Gasteiger partial charge in [-0.05, 0) is 12.1 Å². The third-order valence-corrected chi connectivity index (χ3v) is 3.76. The Morgan fingerprint density at radius 2 is 2.10 bits per heavy atom. The number of urea groups is 1. The number of benzene rings is 1. The van der Waals surface area contributed by atoms with Gasteiger partial charge in [-0.3, -0.25) is 0 Å². The minimum absolute atomic E-state index is 0.0236. The van der Waals surface area contributed by atoms with E-state index in [0.29, 0.717) is 28.7 Å². The Hall–Kier alpha value is -2.12. The van der Waals surface area contributed by atoms with Crippen molar-refractivity contribution in [2.45, 2.75) is 6.42 Å². The van der Waals surface area contributed by atoms with Crippen LogP contribution in [0.25, 0.3) is 0 Å². The predicted molar refractivity (Wildman–Crippen MR) is 81.3 cm³/mol. The Labute approximate surface area is 129 Å². The fraction of sp³-hybridized carbons (Fsp3) is 0.154. The van der Waals surface area contributed by atoms with Gasteiger partial charge < -0.3 is 15.7 Å². The van der Waals surface area contributed by atoms with Crippen molar-refractivity contribution in [3.05, 3.63) is 45.4 Å². The van der Waals surface area contributed by atoms with Crippen molar-refractivity contribution in [2.24, 2.45) is 0 Å². The number of carbonyl (C=O) groups excluding carboxylic acids is 1. The van der Waals surface area contributed by atoms with Crippen LogP contribution in [-0.2, 0) is 6.42 Å². The largest absolute Gasteiger partial charge is 0.476 e. The highest BCUT2D eigenvalue weighted by Gasteiger charge is 2.09. The lowest BCUT2D eigenvalue weighted by Gasteiger charge is -2.08. The number of anilines is 1. The summed E-state index contributed by atoms with van der Waals surface area (Å²) < 4.78 is 0. The van der Waals surface area contributed by atoms with Gasteiger partial charge in [0.25, 0.3) is 0 Å². The van der Waals surface area contributed by atoms with Crippen molar-refractivity contribution in [3.63, 3.8) is 0 Å². The second-order valence-corrected chi connectivity index (χ2v) is 5.39. The first-order chi connectivity index (χ1) is 10.1. The summed E-state index contributed by atoms with van der Waals surface area (Å²) in [6.45, 7) is 0.350. The minimum Gasteiger partial charge on any atom is -0.476 e. The van der Waals surface area contributed by atoms with Crippen LogP contribution < -0.4 is 10.6 Å². The third kappa shape index (κ3) is 4.44. The van der Waals surface area contributed by atoms with Crippen LogP contribution in [0.1, 0.15) is 15.5 Å². The van der Waals surface area contributed by atoms with E-state index in [1.54, 1.807) is 24.3 Å². The van der Waals surface area contributed by atoms with Crippen LogP contribution in [0.4, 0.5) is 10.5 Å². The van der Waals surface area contributed by atoms with E-state index in [1.165, 1.54) is 16.7 Å².